The molecule has 2 aromatic rings. The van der Waals surface area contributed by atoms with Crippen molar-refractivity contribution in [3.8, 4) is 5.75 Å². The summed E-state index contributed by atoms with van der Waals surface area (Å²) in [7, 11) is 0. The maximum absolute atomic E-state index is 13.1. The van der Waals surface area contributed by atoms with Crippen molar-refractivity contribution in [2.75, 3.05) is 13.2 Å². The molecule has 30 heavy (non-hydrogen) atoms. The predicted molar refractivity (Wildman–Crippen MR) is 120 cm³/mol. The summed E-state index contributed by atoms with van der Waals surface area (Å²) in [4.78, 5) is 27.5. The lowest BCUT2D eigenvalue weighted by atomic mass is 10.1. The highest BCUT2D eigenvalue weighted by Crippen LogP contribution is 2.16. The van der Waals surface area contributed by atoms with Crippen LogP contribution in [-0.2, 0) is 22.6 Å². The van der Waals surface area contributed by atoms with Crippen molar-refractivity contribution in [2.24, 2.45) is 0 Å². The second-order valence-electron chi connectivity index (χ2n) is 7.51. The summed E-state index contributed by atoms with van der Waals surface area (Å²) in [6, 6.07) is 15.2. The van der Waals surface area contributed by atoms with Gasteiger partial charge in [-0.1, -0.05) is 62.7 Å². The summed E-state index contributed by atoms with van der Waals surface area (Å²) < 4.78 is 5.74. The molecule has 0 heterocycles. The second-order valence-corrected chi connectivity index (χ2v) is 7.51. The highest BCUT2D eigenvalue weighted by Gasteiger charge is 2.28. The Morgan fingerprint density at radius 3 is 2.37 bits per heavy atom. The minimum atomic E-state index is -0.532. The number of carbonyl (C=O) groups is 2. The Kier molecular flexibility index (Phi) is 9.39. The van der Waals surface area contributed by atoms with E-state index in [0.717, 1.165) is 24.0 Å². The van der Waals surface area contributed by atoms with Gasteiger partial charge < -0.3 is 15.0 Å². The molecule has 162 valence electrons. The molecule has 5 heteroatoms. The number of rotatable bonds is 11. The van der Waals surface area contributed by atoms with Crippen LogP contribution in [0.4, 0.5) is 0 Å². The number of carbonyl (C=O) groups excluding carboxylic acids is 2. The van der Waals surface area contributed by atoms with Gasteiger partial charge in [-0.2, -0.15) is 0 Å². The van der Waals surface area contributed by atoms with Gasteiger partial charge in [-0.25, -0.2) is 0 Å². The maximum Gasteiger partial charge on any atom is 0.261 e. The van der Waals surface area contributed by atoms with Crippen LogP contribution in [0.25, 0.3) is 0 Å². The molecule has 2 aromatic carbocycles. The smallest absolute Gasteiger partial charge is 0.261 e. The van der Waals surface area contributed by atoms with Gasteiger partial charge in [-0.05, 0) is 49.4 Å². The van der Waals surface area contributed by atoms with Gasteiger partial charge in [0.05, 0.1) is 0 Å². The average Bonchev–Trinajstić information content (AvgIpc) is 2.76. The van der Waals surface area contributed by atoms with E-state index in [9.17, 15) is 9.59 Å². The lowest BCUT2D eigenvalue weighted by Crippen LogP contribution is -2.50. The van der Waals surface area contributed by atoms with Crippen molar-refractivity contribution in [3.63, 3.8) is 0 Å². The molecule has 0 bridgehead atoms. The zero-order chi connectivity index (χ0) is 21.9. The van der Waals surface area contributed by atoms with E-state index in [4.69, 9.17) is 4.74 Å². The van der Waals surface area contributed by atoms with Crippen molar-refractivity contribution in [2.45, 2.75) is 59.5 Å². The molecule has 0 spiro atoms. The Labute approximate surface area is 180 Å². The van der Waals surface area contributed by atoms with Gasteiger partial charge in [0.1, 0.15) is 11.8 Å². The summed E-state index contributed by atoms with van der Waals surface area (Å²) >= 11 is 0. The summed E-state index contributed by atoms with van der Waals surface area (Å²) in [6.07, 6.45) is 2.34. The van der Waals surface area contributed by atoms with E-state index in [0.29, 0.717) is 25.3 Å². The van der Waals surface area contributed by atoms with Gasteiger partial charge in [0, 0.05) is 13.1 Å². The van der Waals surface area contributed by atoms with Crippen molar-refractivity contribution in [3.05, 3.63) is 65.2 Å². The van der Waals surface area contributed by atoms with Crippen molar-refractivity contribution >= 4 is 11.8 Å². The number of aryl methyl sites for hydroxylation is 2. The Balaban J connectivity index is 2.16. The molecule has 0 aliphatic heterocycles. The Morgan fingerprint density at radius 1 is 1.03 bits per heavy atom. The molecule has 0 saturated carbocycles. The molecule has 5 nitrogen and oxygen atoms in total. The fourth-order valence-electron chi connectivity index (χ4n) is 3.34. The number of benzene rings is 2. The molecule has 0 aliphatic carbocycles. The minimum absolute atomic E-state index is 0.102. The van der Waals surface area contributed by atoms with Gasteiger partial charge >= 0.3 is 0 Å². The lowest BCUT2D eigenvalue weighted by Gasteiger charge is -2.30. The van der Waals surface area contributed by atoms with E-state index >= 15 is 0 Å². The highest BCUT2D eigenvalue weighted by molar-refractivity contribution is 5.88. The highest BCUT2D eigenvalue weighted by atomic mass is 16.5. The minimum Gasteiger partial charge on any atom is -0.484 e. The summed E-state index contributed by atoms with van der Waals surface area (Å²) in [5, 5.41) is 2.93. The van der Waals surface area contributed by atoms with Crippen LogP contribution >= 0.6 is 0 Å². The number of hydrogen-bond donors (Lipinski definition) is 1. The lowest BCUT2D eigenvalue weighted by molar-refractivity contribution is -0.143. The first-order chi connectivity index (χ1) is 14.5. The Morgan fingerprint density at radius 2 is 1.77 bits per heavy atom. The Bertz CT molecular complexity index is 817. The molecule has 0 aliphatic rings. The first-order valence-corrected chi connectivity index (χ1v) is 10.8. The third kappa shape index (κ3) is 6.90. The summed E-state index contributed by atoms with van der Waals surface area (Å²) in [6.45, 7) is 8.92. The Hall–Kier alpha value is -2.82. The molecule has 0 saturated heterocycles. The zero-order valence-electron chi connectivity index (χ0n) is 18.6. The largest absolute Gasteiger partial charge is 0.484 e. The molecular formula is C25H34N2O3. The first kappa shape index (κ1) is 23.5. The van der Waals surface area contributed by atoms with Crippen LogP contribution in [0.3, 0.4) is 0 Å². The van der Waals surface area contributed by atoms with Crippen molar-refractivity contribution in [1.29, 1.82) is 0 Å². The third-order valence-corrected chi connectivity index (χ3v) is 5.06. The zero-order valence-corrected chi connectivity index (χ0v) is 18.6. The second kappa shape index (κ2) is 12.0. The number of ether oxygens (including phenoxy) is 1. The van der Waals surface area contributed by atoms with E-state index in [2.05, 4.69) is 12.2 Å². The molecule has 0 aromatic heterocycles. The van der Waals surface area contributed by atoms with Gasteiger partial charge in [0.25, 0.3) is 5.91 Å². The first-order valence-electron chi connectivity index (χ1n) is 10.8. The third-order valence-electron chi connectivity index (χ3n) is 5.06. The topological polar surface area (TPSA) is 58.6 Å². The SMILES string of the molecule is CCCNC(=O)[C@H](CC)N(Cc1cccc(C)c1)C(=O)COc1ccc(CC)cc1. The van der Waals surface area contributed by atoms with Gasteiger partial charge in [-0.3, -0.25) is 9.59 Å². The van der Waals surface area contributed by atoms with Gasteiger partial charge in [0.15, 0.2) is 6.61 Å². The maximum atomic E-state index is 13.1. The van der Waals surface area contributed by atoms with Gasteiger partial charge in [0.2, 0.25) is 5.91 Å². The van der Waals surface area contributed by atoms with E-state index in [-0.39, 0.29) is 18.4 Å². The van der Waals surface area contributed by atoms with Crippen LogP contribution in [0.5, 0.6) is 5.75 Å². The van der Waals surface area contributed by atoms with Crippen LogP contribution in [-0.4, -0.2) is 35.9 Å². The van der Waals surface area contributed by atoms with Crippen LogP contribution in [0.15, 0.2) is 48.5 Å². The molecule has 2 rings (SSSR count). The number of hydrogen-bond acceptors (Lipinski definition) is 3. The van der Waals surface area contributed by atoms with Gasteiger partial charge in [-0.15, -0.1) is 0 Å². The van der Waals surface area contributed by atoms with Crippen LogP contribution < -0.4 is 10.1 Å². The van der Waals surface area contributed by atoms with Crippen molar-refractivity contribution < 1.29 is 14.3 Å². The van der Waals surface area contributed by atoms with E-state index in [1.807, 2.05) is 69.3 Å². The number of amides is 2. The molecule has 2 amide bonds. The average molecular weight is 411 g/mol. The van der Waals surface area contributed by atoms with Crippen LogP contribution in [0, 0.1) is 6.92 Å². The van der Waals surface area contributed by atoms with E-state index in [1.165, 1.54) is 5.56 Å². The number of nitrogens with one attached hydrogen (secondary N) is 1. The van der Waals surface area contributed by atoms with E-state index in [1.54, 1.807) is 4.90 Å². The molecule has 1 atom stereocenters. The number of nitrogens with zero attached hydrogens (tertiary/aromatic N) is 1. The van der Waals surface area contributed by atoms with Crippen LogP contribution in [0.1, 0.15) is 50.3 Å². The quantitative estimate of drug-likeness (QED) is 0.602. The summed E-state index contributed by atoms with van der Waals surface area (Å²) in [5.74, 6) is 0.335. The van der Waals surface area contributed by atoms with Crippen LogP contribution in [0.2, 0.25) is 0 Å². The monoisotopic (exact) mass is 410 g/mol. The molecular weight excluding hydrogens is 376 g/mol. The fraction of sp³-hybridized carbons (Fsp3) is 0.440. The van der Waals surface area contributed by atoms with E-state index < -0.39 is 6.04 Å². The van der Waals surface area contributed by atoms with Crippen molar-refractivity contribution in [1.82, 2.24) is 10.2 Å². The molecule has 1 N–H and O–H groups in total. The molecule has 0 unspecified atom stereocenters. The summed E-state index contributed by atoms with van der Waals surface area (Å²) in [5.41, 5.74) is 3.33. The standard InChI is InChI=1S/C25H34N2O3/c1-5-15-26-25(29)23(7-3)27(17-21-10-8-9-19(4)16-21)24(28)18-30-22-13-11-20(6-2)12-14-22/h8-14,16,23H,5-7,15,17-18H2,1-4H3,(H,26,29)/t23-/m0/s1. The fourth-order valence-corrected chi connectivity index (χ4v) is 3.34. The molecule has 0 fully saturated rings. The predicted octanol–water partition coefficient (Wildman–Crippen LogP) is 4.27. The molecule has 0 radical (unpaired) electrons. The normalized spacial score (nSPS) is 11.6.